The molecule has 23 heavy (non-hydrogen) atoms. The average Bonchev–Trinajstić information content (AvgIpc) is 2.78. The van der Waals surface area contributed by atoms with Crippen molar-refractivity contribution in [3.8, 4) is 11.5 Å². The molecule has 2 rings (SSSR count). The lowest BCUT2D eigenvalue weighted by Crippen LogP contribution is -2.44. The van der Waals surface area contributed by atoms with Crippen LogP contribution in [0.5, 0.6) is 11.5 Å². The molecule has 2 atom stereocenters. The van der Waals surface area contributed by atoms with Crippen LogP contribution >= 0.6 is 0 Å². The molecule has 1 aromatic rings. The van der Waals surface area contributed by atoms with Crippen molar-refractivity contribution in [3.05, 3.63) is 18.2 Å². The van der Waals surface area contributed by atoms with Crippen LogP contribution in [-0.2, 0) is 19.9 Å². The van der Waals surface area contributed by atoms with Crippen molar-refractivity contribution < 1.29 is 31.4 Å². The predicted molar refractivity (Wildman–Crippen MR) is 82.9 cm³/mol. The van der Waals surface area contributed by atoms with E-state index in [2.05, 4.69) is 0 Å². The Bertz CT molecular complexity index is 789. The average molecular weight is 365 g/mol. The lowest BCUT2D eigenvalue weighted by atomic mass is 10.2. The Morgan fingerprint density at radius 3 is 2.35 bits per heavy atom. The molecule has 8 nitrogen and oxygen atoms in total. The van der Waals surface area contributed by atoms with Gasteiger partial charge in [0.05, 0.1) is 37.9 Å². The maximum atomic E-state index is 12.8. The van der Waals surface area contributed by atoms with Crippen molar-refractivity contribution >= 4 is 19.9 Å². The molecule has 1 saturated heterocycles. The highest BCUT2D eigenvalue weighted by atomic mass is 32.2. The Morgan fingerprint density at radius 1 is 1.22 bits per heavy atom. The molecule has 0 unspecified atom stereocenters. The number of sulfonamides is 1. The largest absolute Gasteiger partial charge is 0.497 e. The lowest BCUT2D eigenvalue weighted by Gasteiger charge is -2.26. The first-order valence-electron chi connectivity index (χ1n) is 6.71. The fourth-order valence-corrected chi connectivity index (χ4v) is 5.97. The standard InChI is InChI=1S/C13H19NO7S2/c1-14(10-7-22(16,17)8-11(10)15)23(18,19)13-6-9(20-2)4-5-12(13)21-3/h4-6,10-11,15H,7-8H2,1-3H3/t10-,11-/m1/s1. The van der Waals surface area contributed by atoms with Gasteiger partial charge in [0.1, 0.15) is 16.4 Å². The summed E-state index contributed by atoms with van der Waals surface area (Å²) in [5.41, 5.74) is 0. The molecule has 130 valence electrons. The van der Waals surface area contributed by atoms with Crippen LogP contribution in [0.1, 0.15) is 0 Å². The number of methoxy groups -OCH3 is 2. The zero-order valence-corrected chi connectivity index (χ0v) is 14.6. The van der Waals surface area contributed by atoms with Gasteiger partial charge in [-0.05, 0) is 12.1 Å². The van der Waals surface area contributed by atoms with E-state index in [0.29, 0.717) is 5.75 Å². The fourth-order valence-electron chi connectivity index (χ4n) is 2.48. The summed E-state index contributed by atoms with van der Waals surface area (Å²) in [5, 5.41) is 9.89. The zero-order valence-electron chi connectivity index (χ0n) is 13.0. The van der Waals surface area contributed by atoms with Gasteiger partial charge in [0.25, 0.3) is 0 Å². The minimum Gasteiger partial charge on any atom is -0.497 e. The third kappa shape index (κ3) is 3.44. The van der Waals surface area contributed by atoms with Crippen molar-refractivity contribution in [2.24, 2.45) is 0 Å². The molecule has 1 N–H and O–H groups in total. The van der Waals surface area contributed by atoms with Crippen molar-refractivity contribution in [2.45, 2.75) is 17.0 Å². The molecule has 0 spiro atoms. The van der Waals surface area contributed by atoms with Crippen molar-refractivity contribution in [2.75, 3.05) is 32.8 Å². The Hall–Kier alpha value is -1.36. The maximum absolute atomic E-state index is 12.8. The molecule has 1 fully saturated rings. The van der Waals surface area contributed by atoms with Gasteiger partial charge < -0.3 is 14.6 Å². The van der Waals surface area contributed by atoms with Gasteiger partial charge in [0.2, 0.25) is 10.0 Å². The molecular formula is C13H19NO7S2. The first-order chi connectivity index (χ1) is 10.6. The second-order valence-electron chi connectivity index (χ2n) is 5.25. The van der Waals surface area contributed by atoms with Crippen LogP contribution in [0.2, 0.25) is 0 Å². The number of hydrogen-bond donors (Lipinski definition) is 1. The van der Waals surface area contributed by atoms with Gasteiger partial charge in [-0.25, -0.2) is 16.8 Å². The molecule has 0 saturated carbocycles. The van der Waals surface area contributed by atoms with Crippen molar-refractivity contribution in [1.29, 1.82) is 0 Å². The van der Waals surface area contributed by atoms with E-state index < -0.39 is 43.5 Å². The van der Waals surface area contributed by atoms with Gasteiger partial charge in [0.15, 0.2) is 9.84 Å². The minimum absolute atomic E-state index is 0.105. The molecule has 1 aliphatic rings. The number of likely N-dealkylation sites (N-methyl/N-ethyl adjacent to an activating group) is 1. The van der Waals surface area contributed by atoms with Crippen LogP contribution in [0.3, 0.4) is 0 Å². The van der Waals surface area contributed by atoms with E-state index >= 15 is 0 Å². The predicted octanol–water partition coefficient (Wildman–Crippen LogP) is -0.518. The second kappa shape index (κ2) is 6.27. The third-order valence-corrected chi connectivity index (χ3v) is 7.39. The van der Waals surface area contributed by atoms with E-state index in [-0.39, 0.29) is 10.6 Å². The lowest BCUT2D eigenvalue weighted by molar-refractivity contribution is 0.137. The Kier molecular flexibility index (Phi) is 4.90. The summed E-state index contributed by atoms with van der Waals surface area (Å²) >= 11 is 0. The van der Waals surface area contributed by atoms with Crippen LogP contribution in [0.15, 0.2) is 23.1 Å². The van der Waals surface area contributed by atoms with E-state index in [0.717, 1.165) is 4.31 Å². The number of ether oxygens (including phenoxy) is 2. The summed E-state index contributed by atoms with van der Waals surface area (Å²) in [7, 11) is -3.58. The van der Waals surface area contributed by atoms with Crippen LogP contribution in [-0.4, -0.2) is 71.2 Å². The summed E-state index contributed by atoms with van der Waals surface area (Å²) in [6.45, 7) is 0. The van der Waals surface area contributed by atoms with Crippen LogP contribution < -0.4 is 9.47 Å². The Morgan fingerprint density at radius 2 is 1.87 bits per heavy atom. The minimum atomic E-state index is -4.08. The highest BCUT2D eigenvalue weighted by Crippen LogP contribution is 2.32. The van der Waals surface area contributed by atoms with Crippen LogP contribution in [0, 0.1) is 0 Å². The van der Waals surface area contributed by atoms with Crippen LogP contribution in [0.4, 0.5) is 0 Å². The Balaban J connectivity index is 2.46. The molecule has 1 heterocycles. The van der Waals surface area contributed by atoms with Gasteiger partial charge in [-0.1, -0.05) is 0 Å². The van der Waals surface area contributed by atoms with Gasteiger partial charge in [-0.15, -0.1) is 0 Å². The first-order valence-corrected chi connectivity index (χ1v) is 9.97. The van der Waals surface area contributed by atoms with Gasteiger partial charge in [-0.3, -0.25) is 0 Å². The molecular weight excluding hydrogens is 346 g/mol. The second-order valence-corrected chi connectivity index (χ2v) is 9.37. The van der Waals surface area contributed by atoms with Crippen molar-refractivity contribution in [3.63, 3.8) is 0 Å². The maximum Gasteiger partial charge on any atom is 0.247 e. The van der Waals surface area contributed by atoms with E-state index in [9.17, 15) is 21.9 Å². The molecule has 1 aromatic carbocycles. The number of nitrogens with zero attached hydrogens (tertiary/aromatic N) is 1. The number of aliphatic hydroxyl groups excluding tert-OH is 1. The highest BCUT2D eigenvalue weighted by molar-refractivity contribution is 7.92. The van der Waals surface area contributed by atoms with Crippen LogP contribution in [0.25, 0.3) is 0 Å². The molecule has 0 bridgehead atoms. The molecule has 0 amide bonds. The summed E-state index contributed by atoms with van der Waals surface area (Å²) in [4.78, 5) is -0.154. The third-order valence-electron chi connectivity index (χ3n) is 3.79. The molecule has 0 aliphatic carbocycles. The molecule has 1 aliphatic heterocycles. The molecule has 0 radical (unpaired) electrons. The smallest absolute Gasteiger partial charge is 0.247 e. The first kappa shape index (κ1) is 18.0. The number of rotatable bonds is 5. The van der Waals surface area contributed by atoms with Gasteiger partial charge >= 0.3 is 0 Å². The van der Waals surface area contributed by atoms with E-state index in [1.165, 1.54) is 33.4 Å². The Labute approximate surface area is 135 Å². The van der Waals surface area contributed by atoms with Gasteiger partial charge in [-0.2, -0.15) is 4.31 Å². The molecule has 0 aromatic heterocycles. The summed E-state index contributed by atoms with van der Waals surface area (Å²) in [6.07, 6.45) is -1.27. The number of sulfone groups is 1. The SMILES string of the molecule is COc1ccc(OC)c(S(=O)(=O)N(C)[C@@H]2CS(=O)(=O)C[C@H]2O)c1. The van der Waals surface area contributed by atoms with E-state index in [1.807, 2.05) is 0 Å². The van der Waals surface area contributed by atoms with Gasteiger partial charge in [0, 0.05) is 13.1 Å². The number of hydrogen-bond acceptors (Lipinski definition) is 7. The van der Waals surface area contributed by atoms with E-state index in [4.69, 9.17) is 9.47 Å². The molecule has 10 heteroatoms. The topological polar surface area (TPSA) is 110 Å². The fraction of sp³-hybridized carbons (Fsp3) is 0.538. The summed E-state index contributed by atoms with van der Waals surface area (Å²) in [6, 6.07) is 3.25. The monoisotopic (exact) mass is 365 g/mol. The zero-order chi connectivity index (χ0) is 17.4. The number of benzene rings is 1. The number of aliphatic hydroxyl groups is 1. The van der Waals surface area contributed by atoms with Crippen molar-refractivity contribution in [1.82, 2.24) is 4.31 Å². The quantitative estimate of drug-likeness (QED) is 0.748. The summed E-state index contributed by atoms with van der Waals surface area (Å²) < 4.78 is 59.8. The van der Waals surface area contributed by atoms with E-state index in [1.54, 1.807) is 6.07 Å². The highest BCUT2D eigenvalue weighted by Gasteiger charge is 2.43. The summed E-state index contributed by atoms with van der Waals surface area (Å²) in [5.74, 6) is -0.450. The normalized spacial score (nSPS) is 23.9.